The highest BCUT2D eigenvalue weighted by molar-refractivity contribution is 6.29. The number of aromatic nitrogens is 4. The second kappa shape index (κ2) is 13.1. The van der Waals surface area contributed by atoms with Gasteiger partial charge in [-0.25, -0.2) is 4.98 Å². The molecule has 0 saturated heterocycles. The van der Waals surface area contributed by atoms with Crippen LogP contribution in [-0.2, 0) is 0 Å². The van der Waals surface area contributed by atoms with E-state index in [0.29, 0.717) is 17.6 Å². The Morgan fingerprint density at radius 3 is 1.70 bits per heavy atom. The number of fused-ring (bicyclic) bond motifs is 12. The van der Waals surface area contributed by atoms with E-state index in [9.17, 15) is 0 Å². The van der Waals surface area contributed by atoms with Crippen LogP contribution in [0.4, 0.5) is 0 Å². The average molecular weight is 781 g/mol. The van der Waals surface area contributed by atoms with Crippen LogP contribution in [0.5, 0.6) is 0 Å². The Hall–Kier alpha value is -8.35. The minimum Gasteiger partial charge on any atom is -0.455 e. The van der Waals surface area contributed by atoms with Crippen LogP contribution in [0.25, 0.3) is 127 Å². The lowest BCUT2D eigenvalue weighted by Crippen LogP contribution is -2.06. The van der Waals surface area contributed by atoms with Crippen molar-refractivity contribution in [3.8, 4) is 51.0 Å². The van der Waals surface area contributed by atoms with E-state index in [1.165, 1.54) is 0 Å². The highest BCUT2D eigenvalue weighted by atomic mass is 16.3. The zero-order valence-corrected chi connectivity index (χ0v) is 32.6. The zero-order chi connectivity index (χ0) is 40.0. The van der Waals surface area contributed by atoms with Gasteiger partial charge in [0.2, 0.25) is 5.95 Å². The van der Waals surface area contributed by atoms with Crippen molar-refractivity contribution in [2.75, 3.05) is 0 Å². The van der Waals surface area contributed by atoms with Gasteiger partial charge >= 0.3 is 0 Å². The van der Waals surface area contributed by atoms with Gasteiger partial charge in [-0.05, 0) is 57.8 Å². The molecule has 0 fully saturated rings. The predicted octanol–water partition coefficient (Wildman–Crippen LogP) is 14.6. The van der Waals surface area contributed by atoms with Crippen molar-refractivity contribution in [2.45, 2.75) is 0 Å². The molecule has 6 heteroatoms. The van der Waals surface area contributed by atoms with Gasteiger partial charge in [-0.3, -0.25) is 4.57 Å². The van der Waals surface area contributed by atoms with Gasteiger partial charge in [-0.15, -0.1) is 0 Å². The monoisotopic (exact) mass is 780 g/mol. The summed E-state index contributed by atoms with van der Waals surface area (Å²) in [7, 11) is 0. The molecule has 0 amide bonds. The molecule has 0 aliphatic rings. The molecule has 9 aromatic carbocycles. The summed E-state index contributed by atoms with van der Waals surface area (Å²) >= 11 is 0. The third kappa shape index (κ3) is 5.12. The van der Waals surface area contributed by atoms with Crippen LogP contribution in [0.3, 0.4) is 0 Å². The Morgan fingerprint density at radius 2 is 0.918 bits per heavy atom. The first-order valence-corrected chi connectivity index (χ1v) is 20.4. The number of benzene rings is 9. The summed E-state index contributed by atoms with van der Waals surface area (Å²) in [4.78, 5) is 15.5. The van der Waals surface area contributed by atoms with Crippen molar-refractivity contribution in [1.29, 1.82) is 0 Å². The first-order chi connectivity index (χ1) is 30.2. The fourth-order valence-corrected chi connectivity index (χ4v) is 9.30. The minimum absolute atomic E-state index is 0.532. The summed E-state index contributed by atoms with van der Waals surface area (Å²) < 4.78 is 15.8. The Kier molecular flexibility index (Phi) is 7.21. The maximum Gasteiger partial charge on any atom is 0.238 e. The van der Waals surface area contributed by atoms with Crippen LogP contribution >= 0.6 is 0 Å². The van der Waals surface area contributed by atoms with Crippen molar-refractivity contribution in [3.63, 3.8) is 0 Å². The molecule has 284 valence electrons. The minimum atomic E-state index is 0.532. The molecule has 0 N–H and O–H groups in total. The van der Waals surface area contributed by atoms with Gasteiger partial charge in [-0.2, -0.15) is 9.97 Å². The van der Waals surface area contributed by atoms with Gasteiger partial charge in [0.05, 0.1) is 16.4 Å². The molecule has 0 atom stereocenters. The van der Waals surface area contributed by atoms with Crippen molar-refractivity contribution < 1.29 is 8.83 Å². The largest absolute Gasteiger partial charge is 0.455 e. The smallest absolute Gasteiger partial charge is 0.238 e. The molecule has 6 nitrogen and oxygen atoms in total. The topological polar surface area (TPSA) is 69.9 Å². The number of hydrogen-bond acceptors (Lipinski definition) is 5. The number of para-hydroxylation sites is 3. The van der Waals surface area contributed by atoms with Crippen LogP contribution in [0.1, 0.15) is 0 Å². The molecule has 13 rings (SSSR count). The molecule has 13 aromatic rings. The molecule has 61 heavy (non-hydrogen) atoms. The molecule has 0 saturated carbocycles. The summed E-state index contributed by atoms with van der Waals surface area (Å²) in [5, 5.41) is 8.65. The van der Waals surface area contributed by atoms with Crippen molar-refractivity contribution in [3.05, 3.63) is 194 Å². The van der Waals surface area contributed by atoms with Crippen molar-refractivity contribution in [1.82, 2.24) is 19.5 Å². The van der Waals surface area contributed by atoms with E-state index in [2.05, 4.69) is 150 Å². The van der Waals surface area contributed by atoms with Gasteiger partial charge in [0.25, 0.3) is 0 Å². The van der Waals surface area contributed by atoms with Crippen molar-refractivity contribution in [2.24, 2.45) is 0 Å². The molecule has 0 unspecified atom stereocenters. The molecule has 0 radical (unpaired) electrons. The van der Waals surface area contributed by atoms with Crippen LogP contribution in [0.15, 0.2) is 203 Å². The predicted molar refractivity (Wildman–Crippen MR) is 248 cm³/mol. The summed E-state index contributed by atoms with van der Waals surface area (Å²) in [6.07, 6.45) is 0. The van der Waals surface area contributed by atoms with Gasteiger partial charge in [0.15, 0.2) is 11.6 Å². The lowest BCUT2D eigenvalue weighted by atomic mass is 9.93. The van der Waals surface area contributed by atoms with Crippen molar-refractivity contribution >= 4 is 76.5 Å². The summed E-state index contributed by atoms with van der Waals surface area (Å²) in [6.45, 7) is 0. The molecule has 0 spiro atoms. The van der Waals surface area contributed by atoms with E-state index >= 15 is 0 Å². The number of rotatable bonds is 5. The Morgan fingerprint density at radius 1 is 0.328 bits per heavy atom. The Balaban J connectivity index is 1.05. The molecular formula is C55H32N4O2. The Bertz CT molecular complexity index is 3860. The third-order valence-electron chi connectivity index (χ3n) is 12.1. The van der Waals surface area contributed by atoms with Gasteiger partial charge in [0, 0.05) is 43.6 Å². The van der Waals surface area contributed by atoms with E-state index in [4.69, 9.17) is 23.8 Å². The van der Waals surface area contributed by atoms with E-state index in [-0.39, 0.29) is 0 Å². The quantitative estimate of drug-likeness (QED) is 0.174. The van der Waals surface area contributed by atoms with E-state index < -0.39 is 0 Å². The Labute approximate surface area is 348 Å². The second-order valence-corrected chi connectivity index (χ2v) is 15.5. The standard InChI is InChI=1S/C55H32N4O2/c1-3-14-33(15-4-1)34-26-28-36(29-27-34)54-56-53(35-16-5-2-6-17-35)57-55(58-54)59-45-24-11-9-21-42(45)50-46(59)31-30-43-49-39-20-8-7-18-37(39)44(32-48(49)61-52(43)50)41-23-13-22-40-38-19-10-12-25-47(38)60-51(40)41/h1-32H. The van der Waals surface area contributed by atoms with E-state index in [1.54, 1.807) is 0 Å². The number of hydrogen-bond donors (Lipinski definition) is 0. The number of furan rings is 2. The first kappa shape index (κ1) is 33.6. The SMILES string of the molecule is c1ccc(-c2ccc(-c3nc(-c4ccccc4)nc(-n4c5ccccc5c5c6oc7cc(-c8cccc9c8oc8ccccc89)c8ccccc8c7c6ccc54)n3)cc2)cc1. The fraction of sp³-hybridized carbons (Fsp3) is 0. The highest BCUT2D eigenvalue weighted by Crippen LogP contribution is 2.46. The summed E-state index contributed by atoms with van der Waals surface area (Å²) in [6, 6.07) is 67.2. The van der Waals surface area contributed by atoms with E-state index in [0.717, 1.165) is 110 Å². The first-order valence-electron chi connectivity index (χ1n) is 20.4. The summed E-state index contributed by atoms with van der Waals surface area (Å²) in [5.74, 6) is 1.73. The summed E-state index contributed by atoms with van der Waals surface area (Å²) in [5.41, 5.74) is 11.5. The van der Waals surface area contributed by atoms with Crippen LogP contribution in [0, 0.1) is 0 Å². The molecule has 0 bridgehead atoms. The van der Waals surface area contributed by atoms with Gasteiger partial charge in [0.1, 0.15) is 22.3 Å². The highest BCUT2D eigenvalue weighted by Gasteiger charge is 2.24. The van der Waals surface area contributed by atoms with Crippen LogP contribution in [-0.4, -0.2) is 19.5 Å². The lowest BCUT2D eigenvalue weighted by Gasteiger charge is -2.11. The van der Waals surface area contributed by atoms with Crippen LogP contribution in [0.2, 0.25) is 0 Å². The average Bonchev–Trinajstić information content (AvgIpc) is 4.01. The molecule has 4 aromatic heterocycles. The number of nitrogens with zero attached hydrogens (tertiary/aromatic N) is 4. The van der Waals surface area contributed by atoms with Crippen LogP contribution < -0.4 is 0 Å². The molecule has 4 heterocycles. The maximum absolute atomic E-state index is 7.10. The molecule has 0 aliphatic carbocycles. The van der Waals surface area contributed by atoms with Gasteiger partial charge in [-0.1, -0.05) is 164 Å². The molecular weight excluding hydrogens is 749 g/mol. The maximum atomic E-state index is 7.10. The normalized spacial score (nSPS) is 11.9. The lowest BCUT2D eigenvalue weighted by molar-refractivity contribution is 0.669. The van der Waals surface area contributed by atoms with E-state index in [1.807, 2.05) is 48.5 Å². The van der Waals surface area contributed by atoms with Gasteiger partial charge < -0.3 is 8.83 Å². The second-order valence-electron chi connectivity index (χ2n) is 15.5. The molecule has 0 aliphatic heterocycles. The zero-order valence-electron chi connectivity index (χ0n) is 32.6. The fourth-order valence-electron chi connectivity index (χ4n) is 9.30. The third-order valence-corrected chi connectivity index (χ3v) is 12.1.